The molecule has 0 radical (unpaired) electrons. The lowest BCUT2D eigenvalue weighted by atomic mass is 9.88. The van der Waals surface area contributed by atoms with Gasteiger partial charge in [0.2, 0.25) is 5.89 Å². The maximum absolute atomic E-state index is 11.4. The maximum Gasteiger partial charge on any atom is 0.303 e. The fourth-order valence-electron chi connectivity index (χ4n) is 4.57. The summed E-state index contributed by atoms with van der Waals surface area (Å²) in [4.78, 5) is 16.0. The van der Waals surface area contributed by atoms with Crippen molar-refractivity contribution in [1.29, 1.82) is 0 Å². The molecule has 0 amide bonds. The first-order valence-corrected chi connectivity index (χ1v) is 11.2. The number of carbonyl (C=O) groups excluding carboxylic acids is 1. The van der Waals surface area contributed by atoms with E-state index in [0.717, 1.165) is 44.5 Å². The first-order valence-electron chi connectivity index (χ1n) is 11.2. The average molecular weight is 447 g/mol. The second-order valence-electron chi connectivity index (χ2n) is 8.29. The Morgan fingerprint density at radius 2 is 1.62 bits per heavy atom. The van der Waals surface area contributed by atoms with E-state index < -0.39 is 6.10 Å². The van der Waals surface area contributed by atoms with Crippen LogP contribution in [0, 0.1) is 0 Å². The minimum Gasteiger partial charge on any atom is -0.455 e. The van der Waals surface area contributed by atoms with Gasteiger partial charge >= 0.3 is 5.97 Å². The lowest BCUT2D eigenvalue weighted by Gasteiger charge is -2.25. The van der Waals surface area contributed by atoms with Crippen molar-refractivity contribution in [2.75, 3.05) is 0 Å². The molecule has 4 aromatic carbocycles. The van der Waals surface area contributed by atoms with E-state index >= 15 is 0 Å². The number of carbonyl (C=O) groups is 1. The molecule has 0 saturated carbocycles. The number of rotatable bonds is 4. The van der Waals surface area contributed by atoms with Crippen LogP contribution in [0.2, 0.25) is 0 Å². The third-order valence-corrected chi connectivity index (χ3v) is 5.99. The van der Waals surface area contributed by atoms with Crippen LogP contribution in [0.15, 0.2) is 89.3 Å². The molecule has 0 fully saturated rings. The number of nitrogens with zero attached hydrogens (tertiary/aromatic N) is 1. The summed E-state index contributed by atoms with van der Waals surface area (Å²) in [6, 6.07) is 28.4. The smallest absolute Gasteiger partial charge is 0.303 e. The highest BCUT2D eigenvalue weighted by Crippen LogP contribution is 2.47. The van der Waals surface area contributed by atoms with E-state index in [9.17, 15) is 4.79 Å². The zero-order valence-electron chi connectivity index (χ0n) is 18.7. The molecule has 6 rings (SSSR count). The van der Waals surface area contributed by atoms with Gasteiger partial charge in [-0.2, -0.15) is 0 Å². The molecule has 5 nitrogen and oxygen atoms in total. The Balaban J connectivity index is 1.63. The van der Waals surface area contributed by atoms with Crippen molar-refractivity contribution in [3.8, 4) is 5.75 Å². The van der Waals surface area contributed by atoms with Gasteiger partial charge in [-0.3, -0.25) is 4.79 Å². The standard InChI is InChI=1S/C29H21NO4/c1-17(32-18(2)31)29-30-23-16-24-26-21(14-9-15-22(26)28(23)34-29)25(19-10-5-3-6-11-19)27(33-24)20-12-7-4-8-13-20/h3-17H,1-2H3. The molecule has 0 saturated heterocycles. The summed E-state index contributed by atoms with van der Waals surface area (Å²) in [5, 5.41) is 1.87. The van der Waals surface area contributed by atoms with Gasteiger partial charge in [-0.05, 0) is 18.1 Å². The van der Waals surface area contributed by atoms with Gasteiger partial charge in [0.1, 0.15) is 17.0 Å². The summed E-state index contributed by atoms with van der Waals surface area (Å²) in [5.74, 6) is 1.49. The number of fused-ring (bicyclic) bond motifs is 2. The van der Waals surface area contributed by atoms with Crippen LogP contribution < -0.4 is 4.74 Å². The van der Waals surface area contributed by atoms with Crippen molar-refractivity contribution >= 4 is 39.2 Å². The van der Waals surface area contributed by atoms with Crippen LogP contribution in [0.4, 0.5) is 0 Å². The molecule has 0 N–H and O–H groups in total. The Kier molecular flexibility index (Phi) is 4.69. The van der Waals surface area contributed by atoms with Gasteiger partial charge in [0, 0.05) is 34.9 Å². The molecule has 34 heavy (non-hydrogen) atoms. The number of ether oxygens (including phenoxy) is 2. The zero-order valence-corrected chi connectivity index (χ0v) is 18.7. The predicted molar refractivity (Wildman–Crippen MR) is 131 cm³/mol. The Labute approximate surface area is 196 Å². The van der Waals surface area contributed by atoms with Gasteiger partial charge < -0.3 is 13.9 Å². The summed E-state index contributed by atoms with van der Waals surface area (Å²) in [6.07, 6.45) is -0.587. The highest BCUT2D eigenvalue weighted by Gasteiger charge is 2.28. The third kappa shape index (κ3) is 3.25. The average Bonchev–Trinajstić information content (AvgIpc) is 3.29. The molecule has 1 aliphatic heterocycles. The lowest BCUT2D eigenvalue weighted by molar-refractivity contribution is -0.146. The summed E-state index contributed by atoms with van der Waals surface area (Å²) in [5.41, 5.74) is 5.46. The molecule has 2 heterocycles. The van der Waals surface area contributed by atoms with E-state index in [2.05, 4.69) is 35.3 Å². The quantitative estimate of drug-likeness (QED) is 0.280. The van der Waals surface area contributed by atoms with Crippen molar-refractivity contribution in [3.05, 3.63) is 108 Å². The van der Waals surface area contributed by atoms with Crippen molar-refractivity contribution in [2.24, 2.45) is 0 Å². The normalized spacial score (nSPS) is 13.7. The second-order valence-corrected chi connectivity index (χ2v) is 8.29. The van der Waals surface area contributed by atoms with Gasteiger partial charge in [-0.15, -0.1) is 0 Å². The minimum atomic E-state index is -0.587. The van der Waals surface area contributed by atoms with E-state index in [1.165, 1.54) is 6.92 Å². The zero-order chi connectivity index (χ0) is 23.2. The Morgan fingerprint density at radius 1 is 0.912 bits per heavy atom. The fourth-order valence-corrected chi connectivity index (χ4v) is 4.57. The maximum atomic E-state index is 11.4. The number of hydrogen-bond acceptors (Lipinski definition) is 5. The van der Waals surface area contributed by atoms with Gasteiger partial charge in [-0.25, -0.2) is 4.98 Å². The summed E-state index contributed by atoms with van der Waals surface area (Å²) in [6.45, 7) is 3.12. The van der Waals surface area contributed by atoms with Crippen molar-refractivity contribution in [2.45, 2.75) is 20.0 Å². The van der Waals surface area contributed by atoms with Gasteiger partial charge in [0.05, 0.1) is 0 Å². The van der Waals surface area contributed by atoms with E-state index in [1.807, 2.05) is 54.6 Å². The summed E-state index contributed by atoms with van der Waals surface area (Å²) >= 11 is 0. The van der Waals surface area contributed by atoms with Gasteiger partial charge in [0.15, 0.2) is 11.7 Å². The highest BCUT2D eigenvalue weighted by molar-refractivity contribution is 6.16. The van der Waals surface area contributed by atoms with Crippen LogP contribution in [-0.2, 0) is 9.53 Å². The number of esters is 1. The molecule has 1 atom stereocenters. The van der Waals surface area contributed by atoms with Crippen LogP contribution in [0.5, 0.6) is 5.75 Å². The van der Waals surface area contributed by atoms with Crippen molar-refractivity contribution in [1.82, 2.24) is 4.98 Å². The summed E-state index contributed by atoms with van der Waals surface area (Å²) < 4.78 is 18.0. The van der Waals surface area contributed by atoms with Crippen LogP contribution in [0.25, 0.3) is 33.2 Å². The fraction of sp³-hybridized carbons (Fsp3) is 0.103. The van der Waals surface area contributed by atoms with Crippen molar-refractivity contribution < 1.29 is 18.7 Å². The second kappa shape index (κ2) is 7.89. The molecule has 1 unspecified atom stereocenters. The molecule has 1 aromatic heterocycles. The first kappa shape index (κ1) is 20.2. The highest BCUT2D eigenvalue weighted by atomic mass is 16.6. The molecule has 1 aliphatic rings. The van der Waals surface area contributed by atoms with Gasteiger partial charge in [0.25, 0.3) is 0 Å². The first-order chi connectivity index (χ1) is 16.6. The van der Waals surface area contributed by atoms with Crippen LogP contribution >= 0.6 is 0 Å². The molecular formula is C29H21NO4. The molecule has 5 aromatic rings. The number of hydrogen-bond donors (Lipinski definition) is 0. The number of aromatic nitrogens is 1. The molecule has 0 bridgehead atoms. The Bertz CT molecular complexity index is 1580. The van der Waals surface area contributed by atoms with Crippen LogP contribution in [0.3, 0.4) is 0 Å². The molecule has 0 spiro atoms. The predicted octanol–water partition coefficient (Wildman–Crippen LogP) is 6.91. The van der Waals surface area contributed by atoms with E-state index in [4.69, 9.17) is 13.9 Å². The largest absolute Gasteiger partial charge is 0.455 e. The molecule has 5 heteroatoms. The van der Waals surface area contributed by atoms with Crippen LogP contribution in [0.1, 0.15) is 42.5 Å². The Morgan fingerprint density at radius 3 is 2.32 bits per heavy atom. The minimum absolute atomic E-state index is 0.354. The van der Waals surface area contributed by atoms with E-state index in [1.54, 1.807) is 6.92 Å². The third-order valence-electron chi connectivity index (χ3n) is 5.99. The topological polar surface area (TPSA) is 61.6 Å². The van der Waals surface area contributed by atoms with E-state index in [-0.39, 0.29) is 5.97 Å². The van der Waals surface area contributed by atoms with Crippen molar-refractivity contribution in [3.63, 3.8) is 0 Å². The molecule has 166 valence electrons. The number of oxazole rings is 1. The van der Waals surface area contributed by atoms with Gasteiger partial charge in [-0.1, -0.05) is 78.9 Å². The molecular weight excluding hydrogens is 426 g/mol. The SMILES string of the molecule is CC(=O)OC(C)c1nc2cc3c4c(cccc4c2o1)C(c1ccccc1)=C(c1ccccc1)O3. The van der Waals surface area contributed by atoms with E-state index in [0.29, 0.717) is 17.0 Å². The number of benzene rings is 4. The monoisotopic (exact) mass is 447 g/mol. The van der Waals surface area contributed by atoms with Crippen LogP contribution in [-0.4, -0.2) is 11.0 Å². The molecule has 0 aliphatic carbocycles. The Hall–Kier alpha value is -4.38. The summed E-state index contributed by atoms with van der Waals surface area (Å²) in [7, 11) is 0. The lowest BCUT2D eigenvalue weighted by Crippen LogP contribution is -2.07.